The summed E-state index contributed by atoms with van der Waals surface area (Å²) in [7, 11) is -3.37. The van der Waals surface area contributed by atoms with Gasteiger partial charge in [-0.3, -0.25) is 0 Å². The molecule has 4 nitrogen and oxygen atoms in total. The van der Waals surface area contributed by atoms with Crippen LogP contribution in [0.3, 0.4) is 0 Å². The molecule has 0 amide bonds. The number of benzene rings is 1. The molecule has 0 spiro atoms. The van der Waals surface area contributed by atoms with Crippen molar-refractivity contribution in [3.8, 4) is 0 Å². The molecular weight excluding hydrogens is 272 g/mol. The summed E-state index contributed by atoms with van der Waals surface area (Å²) in [5.41, 5.74) is 2.10. The van der Waals surface area contributed by atoms with Crippen molar-refractivity contribution in [1.82, 2.24) is 10.0 Å². The van der Waals surface area contributed by atoms with Gasteiger partial charge in [0.25, 0.3) is 0 Å². The van der Waals surface area contributed by atoms with Crippen LogP contribution >= 0.6 is 12.4 Å². The van der Waals surface area contributed by atoms with Gasteiger partial charge in [-0.1, -0.05) is 6.07 Å². The Morgan fingerprint density at radius 2 is 2.00 bits per heavy atom. The van der Waals surface area contributed by atoms with E-state index in [-0.39, 0.29) is 18.4 Å². The first-order valence-corrected chi connectivity index (χ1v) is 7.28. The maximum atomic E-state index is 12.1. The highest BCUT2D eigenvalue weighted by molar-refractivity contribution is 7.89. The summed E-state index contributed by atoms with van der Waals surface area (Å²) in [6.45, 7) is 5.48. The van der Waals surface area contributed by atoms with Crippen LogP contribution in [-0.2, 0) is 10.0 Å². The van der Waals surface area contributed by atoms with E-state index in [0.717, 1.165) is 24.1 Å². The highest BCUT2D eigenvalue weighted by atomic mass is 35.5. The van der Waals surface area contributed by atoms with Gasteiger partial charge >= 0.3 is 0 Å². The van der Waals surface area contributed by atoms with Crippen LogP contribution in [-0.4, -0.2) is 27.5 Å². The van der Waals surface area contributed by atoms with Crippen molar-refractivity contribution in [3.63, 3.8) is 0 Å². The standard InChI is InChI=1S/C12H18N2O2S.ClH/c1-9-3-4-12(7-10(9)2)17(15,16)14-11-5-6-13-8-11;/h3-4,7,11,13-14H,5-6,8H2,1-2H3;1H. The Morgan fingerprint density at radius 1 is 1.28 bits per heavy atom. The first-order chi connectivity index (χ1) is 7.99. The Labute approximate surface area is 115 Å². The monoisotopic (exact) mass is 290 g/mol. The molecule has 1 heterocycles. The van der Waals surface area contributed by atoms with Gasteiger partial charge in [0.05, 0.1) is 4.90 Å². The van der Waals surface area contributed by atoms with E-state index in [0.29, 0.717) is 11.4 Å². The van der Waals surface area contributed by atoms with Crippen molar-refractivity contribution in [1.29, 1.82) is 0 Å². The second-order valence-corrected chi connectivity index (χ2v) is 6.27. The zero-order chi connectivity index (χ0) is 12.5. The molecule has 1 saturated heterocycles. The van der Waals surface area contributed by atoms with Crippen LogP contribution < -0.4 is 10.0 Å². The minimum absolute atomic E-state index is 0. The van der Waals surface area contributed by atoms with Crippen LogP contribution in [0.4, 0.5) is 0 Å². The van der Waals surface area contributed by atoms with Gasteiger partial charge < -0.3 is 5.32 Å². The molecule has 1 aromatic carbocycles. The van der Waals surface area contributed by atoms with E-state index < -0.39 is 10.0 Å². The molecule has 0 bridgehead atoms. The second-order valence-electron chi connectivity index (χ2n) is 4.56. The van der Waals surface area contributed by atoms with Gasteiger partial charge in [0, 0.05) is 12.6 Å². The fraction of sp³-hybridized carbons (Fsp3) is 0.500. The second kappa shape index (κ2) is 6.02. The molecule has 102 valence electrons. The third kappa shape index (κ3) is 3.45. The normalized spacial score (nSPS) is 19.6. The summed E-state index contributed by atoms with van der Waals surface area (Å²) >= 11 is 0. The van der Waals surface area contributed by atoms with E-state index in [4.69, 9.17) is 0 Å². The molecule has 2 N–H and O–H groups in total. The van der Waals surface area contributed by atoms with E-state index in [1.807, 2.05) is 19.9 Å². The Bertz CT molecular complexity index is 511. The van der Waals surface area contributed by atoms with Crippen LogP contribution in [0.2, 0.25) is 0 Å². The Hall–Kier alpha value is -0.620. The molecule has 1 aliphatic heterocycles. The summed E-state index contributed by atoms with van der Waals surface area (Å²) in [4.78, 5) is 0.354. The summed E-state index contributed by atoms with van der Waals surface area (Å²) in [5.74, 6) is 0. The highest BCUT2D eigenvalue weighted by Crippen LogP contribution is 2.15. The van der Waals surface area contributed by atoms with Crippen molar-refractivity contribution < 1.29 is 8.42 Å². The molecule has 2 rings (SSSR count). The molecule has 0 radical (unpaired) electrons. The minimum Gasteiger partial charge on any atom is -0.315 e. The molecule has 1 fully saturated rings. The van der Waals surface area contributed by atoms with Crippen molar-refractivity contribution >= 4 is 22.4 Å². The van der Waals surface area contributed by atoms with Crippen molar-refractivity contribution in [2.24, 2.45) is 0 Å². The summed E-state index contributed by atoms with van der Waals surface area (Å²) < 4.78 is 27.0. The van der Waals surface area contributed by atoms with Crippen LogP contribution in [0.15, 0.2) is 23.1 Å². The first-order valence-electron chi connectivity index (χ1n) is 5.79. The Balaban J connectivity index is 0.00000162. The number of aryl methyl sites for hydroxylation is 2. The molecule has 0 aromatic heterocycles. The largest absolute Gasteiger partial charge is 0.315 e. The van der Waals surface area contributed by atoms with E-state index in [1.165, 1.54) is 0 Å². The van der Waals surface area contributed by atoms with E-state index in [9.17, 15) is 8.42 Å². The number of nitrogens with one attached hydrogen (secondary N) is 2. The van der Waals surface area contributed by atoms with Gasteiger partial charge in [-0.25, -0.2) is 13.1 Å². The number of hydrogen-bond acceptors (Lipinski definition) is 3. The highest BCUT2D eigenvalue weighted by Gasteiger charge is 2.22. The fourth-order valence-electron chi connectivity index (χ4n) is 1.92. The SMILES string of the molecule is Cc1ccc(S(=O)(=O)NC2CCNC2)cc1C.Cl. The topological polar surface area (TPSA) is 58.2 Å². The lowest BCUT2D eigenvalue weighted by Crippen LogP contribution is -2.36. The summed E-state index contributed by atoms with van der Waals surface area (Å²) in [5, 5.41) is 3.14. The van der Waals surface area contributed by atoms with E-state index >= 15 is 0 Å². The van der Waals surface area contributed by atoms with Crippen LogP contribution in [0.25, 0.3) is 0 Å². The molecular formula is C12H19ClN2O2S. The van der Waals surface area contributed by atoms with Gasteiger partial charge in [0.1, 0.15) is 0 Å². The lowest BCUT2D eigenvalue weighted by atomic mass is 10.1. The molecule has 1 aromatic rings. The van der Waals surface area contributed by atoms with Crippen LogP contribution in [0.1, 0.15) is 17.5 Å². The van der Waals surface area contributed by atoms with Gasteiger partial charge in [-0.15, -0.1) is 12.4 Å². The molecule has 1 aliphatic rings. The first kappa shape index (κ1) is 15.4. The third-order valence-electron chi connectivity index (χ3n) is 3.17. The average molecular weight is 291 g/mol. The predicted molar refractivity (Wildman–Crippen MR) is 74.8 cm³/mol. The zero-order valence-electron chi connectivity index (χ0n) is 10.6. The maximum absolute atomic E-state index is 12.1. The minimum atomic E-state index is -3.37. The average Bonchev–Trinajstić information content (AvgIpc) is 2.73. The van der Waals surface area contributed by atoms with E-state index in [1.54, 1.807) is 12.1 Å². The molecule has 1 unspecified atom stereocenters. The predicted octanol–water partition coefficient (Wildman–Crippen LogP) is 1.37. The zero-order valence-corrected chi connectivity index (χ0v) is 12.2. The van der Waals surface area contributed by atoms with Crippen LogP contribution in [0, 0.1) is 13.8 Å². The number of hydrogen-bond donors (Lipinski definition) is 2. The molecule has 1 atom stereocenters. The van der Waals surface area contributed by atoms with Crippen molar-refractivity contribution in [2.75, 3.05) is 13.1 Å². The smallest absolute Gasteiger partial charge is 0.240 e. The van der Waals surface area contributed by atoms with Gasteiger partial charge in [-0.05, 0) is 50.1 Å². The lowest BCUT2D eigenvalue weighted by Gasteiger charge is -2.12. The van der Waals surface area contributed by atoms with Gasteiger partial charge in [0.2, 0.25) is 10.0 Å². The Morgan fingerprint density at radius 3 is 2.56 bits per heavy atom. The molecule has 18 heavy (non-hydrogen) atoms. The summed E-state index contributed by atoms with van der Waals surface area (Å²) in [6, 6.07) is 5.24. The van der Waals surface area contributed by atoms with Crippen LogP contribution in [0.5, 0.6) is 0 Å². The van der Waals surface area contributed by atoms with Gasteiger partial charge in [0.15, 0.2) is 0 Å². The number of rotatable bonds is 3. The van der Waals surface area contributed by atoms with Crippen molar-refractivity contribution in [2.45, 2.75) is 31.2 Å². The maximum Gasteiger partial charge on any atom is 0.240 e. The third-order valence-corrected chi connectivity index (χ3v) is 4.69. The molecule has 0 aliphatic carbocycles. The lowest BCUT2D eigenvalue weighted by molar-refractivity contribution is 0.560. The summed E-state index contributed by atoms with van der Waals surface area (Å²) in [6.07, 6.45) is 0.851. The number of sulfonamides is 1. The van der Waals surface area contributed by atoms with Gasteiger partial charge in [-0.2, -0.15) is 0 Å². The quantitative estimate of drug-likeness (QED) is 0.884. The Kier molecular flexibility index (Phi) is 5.16. The van der Waals surface area contributed by atoms with E-state index in [2.05, 4.69) is 10.0 Å². The fourth-order valence-corrected chi connectivity index (χ4v) is 3.28. The molecule has 0 saturated carbocycles. The molecule has 6 heteroatoms. The van der Waals surface area contributed by atoms with Crippen molar-refractivity contribution in [3.05, 3.63) is 29.3 Å². The number of halogens is 1.